The number of rotatable bonds is 6. The Balaban J connectivity index is 2.48. The fraction of sp³-hybridized carbons (Fsp3) is 0.600. The molecule has 0 fully saturated rings. The molecule has 4 nitrogen and oxygen atoms in total. The molecule has 1 rings (SSSR count). The Hall–Kier alpha value is -1.16. The van der Waals surface area contributed by atoms with E-state index in [1.165, 1.54) is 0 Å². The summed E-state index contributed by atoms with van der Waals surface area (Å²) in [6.07, 6.45) is 2.49. The van der Waals surface area contributed by atoms with Gasteiger partial charge in [-0.15, -0.1) is 0 Å². The molecule has 0 atom stereocenters. The fourth-order valence-corrected chi connectivity index (χ4v) is 1.45. The maximum atomic E-state index is 11.1. The molecule has 0 saturated heterocycles. The topological polar surface area (TPSA) is 72.2 Å². The van der Waals surface area contributed by atoms with Gasteiger partial charge in [0.1, 0.15) is 0 Å². The molecule has 78 valence electrons. The van der Waals surface area contributed by atoms with Crippen LogP contribution in [0.2, 0.25) is 0 Å². The predicted octanol–water partition coefficient (Wildman–Crippen LogP) is -0.00420. The van der Waals surface area contributed by atoms with E-state index in [9.17, 15) is 9.59 Å². The fourth-order valence-electron chi connectivity index (χ4n) is 1.45. The van der Waals surface area contributed by atoms with Crippen molar-refractivity contribution >= 4 is 5.69 Å². The van der Waals surface area contributed by atoms with E-state index in [0.717, 1.165) is 19.4 Å². The van der Waals surface area contributed by atoms with Gasteiger partial charge >= 0.3 is 0 Å². The molecule has 0 unspecified atom stereocenters. The van der Waals surface area contributed by atoms with E-state index in [4.69, 9.17) is 5.73 Å². The summed E-state index contributed by atoms with van der Waals surface area (Å²) in [6.45, 7) is 3.25. The predicted molar refractivity (Wildman–Crippen MR) is 57.5 cm³/mol. The Labute approximate surface area is 82.8 Å². The Morgan fingerprint density at radius 2 is 1.93 bits per heavy atom. The highest BCUT2D eigenvalue weighted by Gasteiger charge is 2.17. The van der Waals surface area contributed by atoms with Crippen molar-refractivity contribution in [3.05, 3.63) is 26.0 Å². The second-order valence-corrected chi connectivity index (χ2v) is 3.29. The van der Waals surface area contributed by atoms with E-state index in [-0.39, 0.29) is 10.9 Å². The molecular weight excluding hydrogens is 180 g/mol. The van der Waals surface area contributed by atoms with E-state index < -0.39 is 0 Å². The van der Waals surface area contributed by atoms with E-state index >= 15 is 0 Å². The third kappa shape index (κ3) is 2.01. The first kappa shape index (κ1) is 10.9. The average molecular weight is 196 g/mol. The van der Waals surface area contributed by atoms with Crippen molar-refractivity contribution in [1.29, 1.82) is 0 Å². The van der Waals surface area contributed by atoms with Crippen LogP contribution in [0.4, 0.5) is 5.69 Å². The van der Waals surface area contributed by atoms with E-state index in [2.05, 4.69) is 5.32 Å². The Morgan fingerprint density at radius 1 is 1.21 bits per heavy atom. The van der Waals surface area contributed by atoms with Gasteiger partial charge in [0.15, 0.2) is 0 Å². The second-order valence-electron chi connectivity index (χ2n) is 3.29. The molecule has 0 bridgehead atoms. The summed E-state index contributed by atoms with van der Waals surface area (Å²) in [4.78, 5) is 22.1. The van der Waals surface area contributed by atoms with Crippen LogP contribution in [-0.2, 0) is 6.42 Å². The largest absolute Gasteiger partial charge is 0.381 e. The summed E-state index contributed by atoms with van der Waals surface area (Å²) in [6, 6.07) is 0. The SMILES string of the molecule is CCc1c(NCCCCN)c(=O)c1=O. The smallest absolute Gasteiger partial charge is 0.249 e. The first-order valence-electron chi connectivity index (χ1n) is 4.98. The van der Waals surface area contributed by atoms with Crippen LogP contribution in [-0.4, -0.2) is 13.1 Å². The molecule has 0 aliphatic carbocycles. The van der Waals surface area contributed by atoms with Crippen molar-refractivity contribution in [2.75, 3.05) is 18.4 Å². The summed E-state index contributed by atoms with van der Waals surface area (Å²) in [5.41, 5.74) is 5.81. The van der Waals surface area contributed by atoms with Crippen LogP contribution in [0.3, 0.4) is 0 Å². The first-order chi connectivity index (χ1) is 6.72. The Kier molecular flexibility index (Phi) is 3.83. The molecular formula is C10H16N2O2. The lowest BCUT2D eigenvalue weighted by Crippen LogP contribution is -2.38. The molecule has 1 aromatic carbocycles. The zero-order chi connectivity index (χ0) is 10.6. The van der Waals surface area contributed by atoms with Gasteiger partial charge in [-0.3, -0.25) is 9.59 Å². The number of nitrogens with one attached hydrogen (secondary N) is 1. The minimum atomic E-state index is -0.366. The quantitative estimate of drug-likeness (QED) is 0.496. The van der Waals surface area contributed by atoms with Gasteiger partial charge in [-0.2, -0.15) is 0 Å². The van der Waals surface area contributed by atoms with Crippen molar-refractivity contribution in [3.63, 3.8) is 0 Å². The third-order valence-corrected chi connectivity index (χ3v) is 2.30. The highest BCUT2D eigenvalue weighted by molar-refractivity contribution is 5.56. The van der Waals surface area contributed by atoms with Gasteiger partial charge in [0.25, 0.3) is 0 Å². The van der Waals surface area contributed by atoms with Crippen LogP contribution in [0.5, 0.6) is 0 Å². The van der Waals surface area contributed by atoms with Crippen LogP contribution in [0, 0.1) is 0 Å². The highest BCUT2D eigenvalue weighted by Crippen LogP contribution is 2.07. The normalized spacial score (nSPS) is 10.7. The minimum Gasteiger partial charge on any atom is -0.381 e. The number of unbranched alkanes of at least 4 members (excludes halogenated alkanes) is 1. The molecule has 0 spiro atoms. The van der Waals surface area contributed by atoms with Crippen molar-refractivity contribution in [2.45, 2.75) is 26.2 Å². The summed E-state index contributed by atoms with van der Waals surface area (Å²) in [7, 11) is 0. The maximum Gasteiger partial charge on any atom is 0.249 e. The molecule has 0 aliphatic heterocycles. The maximum absolute atomic E-state index is 11.1. The van der Waals surface area contributed by atoms with Gasteiger partial charge in [0.2, 0.25) is 10.9 Å². The minimum absolute atomic E-state index is 0.325. The average Bonchev–Trinajstić information content (AvgIpc) is 2.21. The molecule has 0 heterocycles. The molecule has 0 radical (unpaired) electrons. The summed E-state index contributed by atoms with van der Waals surface area (Å²) in [5.74, 6) is 0. The van der Waals surface area contributed by atoms with Crippen LogP contribution < -0.4 is 21.9 Å². The van der Waals surface area contributed by atoms with E-state index in [0.29, 0.717) is 24.2 Å². The number of anilines is 1. The third-order valence-electron chi connectivity index (χ3n) is 2.30. The van der Waals surface area contributed by atoms with Crippen LogP contribution in [0.25, 0.3) is 0 Å². The van der Waals surface area contributed by atoms with Crippen molar-refractivity contribution in [1.82, 2.24) is 0 Å². The lowest BCUT2D eigenvalue weighted by molar-refractivity contribution is 0.772. The van der Waals surface area contributed by atoms with E-state index in [1.807, 2.05) is 6.92 Å². The Morgan fingerprint density at radius 3 is 2.50 bits per heavy atom. The highest BCUT2D eigenvalue weighted by atomic mass is 16.2. The first-order valence-corrected chi connectivity index (χ1v) is 4.98. The van der Waals surface area contributed by atoms with Gasteiger partial charge in [0.05, 0.1) is 5.69 Å². The van der Waals surface area contributed by atoms with Crippen molar-refractivity contribution in [2.24, 2.45) is 5.73 Å². The second kappa shape index (κ2) is 4.91. The zero-order valence-electron chi connectivity index (χ0n) is 8.43. The lowest BCUT2D eigenvalue weighted by Gasteiger charge is -2.11. The lowest BCUT2D eigenvalue weighted by atomic mass is 10.0. The van der Waals surface area contributed by atoms with Gasteiger partial charge < -0.3 is 11.1 Å². The van der Waals surface area contributed by atoms with Gasteiger partial charge in [-0.05, 0) is 25.8 Å². The summed E-state index contributed by atoms with van der Waals surface area (Å²) < 4.78 is 0. The molecule has 3 N–H and O–H groups in total. The Bertz CT molecular complexity index is 364. The van der Waals surface area contributed by atoms with Crippen LogP contribution >= 0.6 is 0 Å². The van der Waals surface area contributed by atoms with Crippen LogP contribution in [0.15, 0.2) is 9.59 Å². The van der Waals surface area contributed by atoms with Gasteiger partial charge in [-0.25, -0.2) is 0 Å². The number of hydrogen-bond donors (Lipinski definition) is 2. The van der Waals surface area contributed by atoms with Crippen molar-refractivity contribution < 1.29 is 0 Å². The zero-order valence-corrected chi connectivity index (χ0v) is 8.43. The molecule has 14 heavy (non-hydrogen) atoms. The number of nitrogens with two attached hydrogens (primary N) is 1. The molecule has 0 aliphatic rings. The molecule has 0 aromatic heterocycles. The molecule has 0 amide bonds. The molecule has 1 aromatic rings. The number of hydrogen-bond acceptors (Lipinski definition) is 4. The monoisotopic (exact) mass is 196 g/mol. The van der Waals surface area contributed by atoms with Crippen molar-refractivity contribution in [3.8, 4) is 0 Å². The van der Waals surface area contributed by atoms with E-state index in [1.54, 1.807) is 0 Å². The van der Waals surface area contributed by atoms with Crippen LogP contribution in [0.1, 0.15) is 25.3 Å². The van der Waals surface area contributed by atoms with Gasteiger partial charge in [0, 0.05) is 12.1 Å². The summed E-state index contributed by atoms with van der Waals surface area (Å²) >= 11 is 0. The molecule has 4 heteroatoms. The molecule has 0 saturated carbocycles. The summed E-state index contributed by atoms with van der Waals surface area (Å²) in [5, 5.41) is 2.99. The standard InChI is InChI=1S/C10H16N2O2/c1-2-7-8(10(14)9(7)13)12-6-4-3-5-11/h12H,2-6,11H2,1H3. The van der Waals surface area contributed by atoms with Gasteiger partial charge in [-0.1, -0.05) is 6.92 Å².